The van der Waals surface area contributed by atoms with Crippen LogP contribution in [0.4, 0.5) is 11.4 Å². The number of hydrogen-bond donors (Lipinski definition) is 2. The van der Waals surface area contributed by atoms with Crippen molar-refractivity contribution >= 4 is 29.7 Å². The van der Waals surface area contributed by atoms with Crippen molar-refractivity contribution in [2.45, 2.75) is 12.8 Å². The number of nitrogens with one attached hydrogen (secondary N) is 1. The van der Waals surface area contributed by atoms with Gasteiger partial charge in [-0.3, -0.25) is 4.79 Å². The molecule has 3 N–H and O–H groups in total. The first kappa shape index (κ1) is 20.4. The highest BCUT2D eigenvalue weighted by Crippen LogP contribution is 2.27. The second-order valence-electron chi connectivity index (χ2n) is 5.18. The number of rotatable bonds is 7. The molecule has 2 rings (SSSR count). The predicted molar refractivity (Wildman–Crippen MR) is 101 cm³/mol. The van der Waals surface area contributed by atoms with Gasteiger partial charge in [0, 0.05) is 12.5 Å². The third-order valence-corrected chi connectivity index (χ3v) is 3.64. The maximum atomic E-state index is 12.2. The first-order valence-electron chi connectivity index (χ1n) is 7.51. The number of carbonyl (C=O) groups excluding carboxylic acids is 1. The number of carbonyl (C=O) groups is 1. The number of benzene rings is 2. The molecule has 2 aromatic carbocycles. The predicted octanol–water partition coefficient (Wildman–Crippen LogP) is 3.29. The van der Waals surface area contributed by atoms with Crippen LogP contribution in [0, 0.1) is 0 Å². The van der Waals surface area contributed by atoms with Gasteiger partial charge in [0.1, 0.15) is 17.2 Å². The normalized spacial score (nSPS) is 9.72. The maximum absolute atomic E-state index is 12.2. The monoisotopic (exact) mass is 366 g/mol. The summed E-state index contributed by atoms with van der Waals surface area (Å²) in [6.07, 6.45) is 0.816. The number of hydrogen-bond acceptors (Lipinski definition) is 5. The van der Waals surface area contributed by atoms with Crippen molar-refractivity contribution in [3.63, 3.8) is 0 Å². The van der Waals surface area contributed by atoms with Crippen LogP contribution in [0.5, 0.6) is 17.2 Å². The Bertz CT molecular complexity index is 722. The minimum atomic E-state index is -0.139. The van der Waals surface area contributed by atoms with Crippen LogP contribution in [-0.2, 0) is 11.2 Å². The van der Waals surface area contributed by atoms with Crippen molar-refractivity contribution in [3.05, 3.63) is 42.0 Å². The smallest absolute Gasteiger partial charge is 0.224 e. The van der Waals surface area contributed by atoms with E-state index < -0.39 is 0 Å². The minimum absolute atomic E-state index is 0. The van der Waals surface area contributed by atoms with Crippen LogP contribution in [0.25, 0.3) is 0 Å². The number of amides is 1. The number of halogens is 1. The summed E-state index contributed by atoms with van der Waals surface area (Å²) in [4.78, 5) is 12.2. The average Bonchev–Trinajstić information content (AvgIpc) is 2.61. The lowest BCUT2D eigenvalue weighted by Gasteiger charge is -2.12. The largest absolute Gasteiger partial charge is 0.497 e. The van der Waals surface area contributed by atoms with Gasteiger partial charge < -0.3 is 25.3 Å². The lowest BCUT2D eigenvalue weighted by molar-refractivity contribution is -0.116. The molecule has 0 unspecified atom stereocenters. The van der Waals surface area contributed by atoms with Crippen molar-refractivity contribution in [2.75, 3.05) is 32.4 Å². The van der Waals surface area contributed by atoms with Gasteiger partial charge in [-0.25, -0.2) is 0 Å². The minimum Gasteiger partial charge on any atom is -0.497 e. The molecule has 25 heavy (non-hydrogen) atoms. The van der Waals surface area contributed by atoms with Gasteiger partial charge in [0.2, 0.25) is 5.91 Å². The molecule has 0 spiro atoms. The number of nitrogens with two attached hydrogens (primary N) is 1. The topological polar surface area (TPSA) is 82.8 Å². The molecule has 0 aliphatic heterocycles. The maximum Gasteiger partial charge on any atom is 0.224 e. The van der Waals surface area contributed by atoms with Crippen molar-refractivity contribution in [2.24, 2.45) is 0 Å². The standard InChI is InChI=1S/C18H22N2O4.ClH/c1-22-13-6-8-17(24-3)12(10-13)4-9-18(21)20-16-11-14(23-2)5-7-15(16)19;/h5-8,10-11H,4,9,19H2,1-3H3,(H,20,21);1H. The third-order valence-electron chi connectivity index (χ3n) is 3.64. The molecule has 0 aliphatic carbocycles. The first-order valence-corrected chi connectivity index (χ1v) is 7.51. The second kappa shape index (κ2) is 9.64. The molecule has 136 valence electrons. The van der Waals surface area contributed by atoms with Gasteiger partial charge in [0.05, 0.1) is 32.7 Å². The number of aryl methyl sites for hydroxylation is 1. The highest BCUT2D eigenvalue weighted by molar-refractivity contribution is 5.94. The highest BCUT2D eigenvalue weighted by atomic mass is 35.5. The van der Waals surface area contributed by atoms with Gasteiger partial charge >= 0.3 is 0 Å². The number of ether oxygens (including phenoxy) is 3. The molecule has 6 nitrogen and oxygen atoms in total. The lowest BCUT2D eigenvalue weighted by atomic mass is 10.1. The molecular formula is C18H23ClN2O4. The number of anilines is 2. The first-order chi connectivity index (χ1) is 11.6. The fourth-order valence-corrected chi connectivity index (χ4v) is 2.31. The molecule has 0 radical (unpaired) electrons. The van der Waals surface area contributed by atoms with E-state index in [-0.39, 0.29) is 18.3 Å². The van der Waals surface area contributed by atoms with Gasteiger partial charge in [0.15, 0.2) is 0 Å². The van der Waals surface area contributed by atoms with E-state index in [0.29, 0.717) is 30.0 Å². The molecule has 0 saturated heterocycles. The van der Waals surface area contributed by atoms with Crippen molar-refractivity contribution in [3.8, 4) is 17.2 Å². The summed E-state index contributed by atoms with van der Waals surface area (Å²) in [5, 5.41) is 2.81. The summed E-state index contributed by atoms with van der Waals surface area (Å²) in [6.45, 7) is 0. The van der Waals surface area contributed by atoms with Crippen LogP contribution < -0.4 is 25.3 Å². The Morgan fingerprint density at radius 2 is 1.64 bits per heavy atom. The zero-order valence-electron chi connectivity index (χ0n) is 14.5. The van der Waals surface area contributed by atoms with E-state index in [1.54, 1.807) is 39.5 Å². The lowest BCUT2D eigenvalue weighted by Crippen LogP contribution is -2.14. The van der Waals surface area contributed by atoms with E-state index >= 15 is 0 Å². The summed E-state index contributed by atoms with van der Waals surface area (Å²) >= 11 is 0. The number of nitrogen functional groups attached to an aromatic ring is 1. The molecule has 0 aliphatic rings. The van der Waals surface area contributed by atoms with Crippen LogP contribution in [0.3, 0.4) is 0 Å². The zero-order chi connectivity index (χ0) is 17.5. The second-order valence-corrected chi connectivity index (χ2v) is 5.18. The van der Waals surface area contributed by atoms with Gasteiger partial charge in [-0.15, -0.1) is 12.4 Å². The van der Waals surface area contributed by atoms with Crippen LogP contribution in [-0.4, -0.2) is 27.2 Å². The van der Waals surface area contributed by atoms with E-state index in [1.165, 1.54) is 0 Å². The Morgan fingerprint density at radius 3 is 2.28 bits per heavy atom. The van der Waals surface area contributed by atoms with E-state index in [4.69, 9.17) is 19.9 Å². The van der Waals surface area contributed by atoms with Crippen LogP contribution in [0.2, 0.25) is 0 Å². The SMILES string of the molecule is COc1ccc(OC)c(CCC(=O)Nc2cc(OC)ccc2N)c1.Cl. The zero-order valence-corrected chi connectivity index (χ0v) is 15.3. The summed E-state index contributed by atoms with van der Waals surface area (Å²) < 4.78 is 15.7. The van der Waals surface area contributed by atoms with Crippen molar-refractivity contribution in [1.82, 2.24) is 0 Å². The quantitative estimate of drug-likeness (QED) is 0.735. The van der Waals surface area contributed by atoms with Gasteiger partial charge in [-0.2, -0.15) is 0 Å². The molecule has 0 bridgehead atoms. The highest BCUT2D eigenvalue weighted by Gasteiger charge is 2.10. The summed E-state index contributed by atoms with van der Waals surface area (Å²) in [5.41, 5.74) is 7.81. The van der Waals surface area contributed by atoms with E-state index in [9.17, 15) is 4.79 Å². The Kier molecular flexibility index (Phi) is 7.88. The molecule has 7 heteroatoms. The van der Waals surface area contributed by atoms with Crippen LogP contribution >= 0.6 is 12.4 Å². The molecular weight excluding hydrogens is 344 g/mol. The van der Waals surface area contributed by atoms with Gasteiger partial charge in [0.25, 0.3) is 0 Å². The van der Waals surface area contributed by atoms with Crippen LogP contribution in [0.1, 0.15) is 12.0 Å². The fourth-order valence-electron chi connectivity index (χ4n) is 2.31. The van der Waals surface area contributed by atoms with E-state index in [1.807, 2.05) is 18.2 Å². The van der Waals surface area contributed by atoms with Crippen molar-refractivity contribution < 1.29 is 19.0 Å². The van der Waals surface area contributed by atoms with Crippen LogP contribution in [0.15, 0.2) is 36.4 Å². The Labute approximate surface area is 153 Å². The fraction of sp³-hybridized carbons (Fsp3) is 0.278. The van der Waals surface area contributed by atoms with Crippen molar-refractivity contribution in [1.29, 1.82) is 0 Å². The molecule has 0 aromatic heterocycles. The Hall–Kier alpha value is -2.60. The average molecular weight is 367 g/mol. The number of methoxy groups -OCH3 is 3. The molecule has 0 heterocycles. The summed E-state index contributed by atoms with van der Waals surface area (Å²) in [7, 11) is 4.76. The van der Waals surface area contributed by atoms with Gasteiger partial charge in [-0.1, -0.05) is 0 Å². The molecule has 0 saturated carbocycles. The van der Waals surface area contributed by atoms with E-state index in [0.717, 1.165) is 17.1 Å². The molecule has 1 amide bonds. The molecule has 2 aromatic rings. The Morgan fingerprint density at radius 1 is 1.00 bits per heavy atom. The van der Waals surface area contributed by atoms with Gasteiger partial charge in [-0.05, 0) is 42.3 Å². The molecule has 0 atom stereocenters. The summed E-state index contributed by atoms with van der Waals surface area (Å²) in [5.74, 6) is 1.95. The Balaban J connectivity index is 0.00000312. The summed E-state index contributed by atoms with van der Waals surface area (Å²) in [6, 6.07) is 10.6. The van der Waals surface area contributed by atoms with E-state index in [2.05, 4.69) is 5.32 Å². The molecule has 0 fully saturated rings. The third kappa shape index (κ3) is 5.46.